The molecule has 80 valence electrons. The Morgan fingerprint density at radius 3 is 2.73 bits per heavy atom. The molecule has 1 atom stereocenters. The Kier molecular flexibility index (Phi) is 2.25. The van der Waals surface area contributed by atoms with Gasteiger partial charge in [-0.3, -0.25) is 0 Å². The van der Waals surface area contributed by atoms with E-state index in [-0.39, 0.29) is 17.3 Å². The van der Waals surface area contributed by atoms with Crippen LogP contribution in [0.4, 0.5) is 10.1 Å². The van der Waals surface area contributed by atoms with Crippen molar-refractivity contribution >= 4 is 12.0 Å². The fourth-order valence-corrected chi connectivity index (χ4v) is 1.88. The fraction of sp³-hybridized carbons (Fsp3) is 0.417. The molecule has 1 unspecified atom stereocenters. The lowest BCUT2D eigenvalue weighted by molar-refractivity contribution is 0.302. The van der Waals surface area contributed by atoms with E-state index in [1.165, 1.54) is 6.07 Å². The van der Waals surface area contributed by atoms with Crippen LogP contribution in [0.5, 0.6) is 0 Å². The minimum atomic E-state index is -0.250. The van der Waals surface area contributed by atoms with Gasteiger partial charge in [0.25, 0.3) is 0 Å². The molecule has 0 saturated carbocycles. The molecule has 1 aromatic carbocycles. The topological polar surface area (TPSA) is 24.4 Å². The number of benzene rings is 1. The summed E-state index contributed by atoms with van der Waals surface area (Å²) in [4.78, 5) is 4.05. The quantitative estimate of drug-likeness (QED) is 0.692. The fourth-order valence-electron chi connectivity index (χ4n) is 1.88. The lowest BCUT2D eigenvalue weighted by Gasteiger charge is -2.33. The van der Waals surface area contributed by atoms with E-state index in [1.54, 1.807) is 12.4 Å². The van der Waals surface area contributed by atoms with Crippen molar-refractivity contribution in [2.45, 2.75) is 26.8 Å². The third kappa shape index (κ3) is 1.74. The molecule has 0 saturated heterocycles. The van der Waals surface area contributed by atoms with Gasteiger partial charge in [-0.05, 0) is 11.5 Å². The van der Waals surface area contributed by atoms with Crippen LogP contribution in [-0.2, 0) is 0 Å². The average Bonchev–Trinajstić information content (AvgIpc) is 2.16. The molecule has 0 fully saturated rings. The van der Waals surface area contributed by atoms with E-state index in [9.17, 15) is 4.39 Å². The molecular weight excluding hydrogens is 191 g/mol. The minimum Gasteiger partial charge on any atom is -0.369 e. The molecule has 1 aromatic rings. The summed E-state index contributed by atoms with van der Waals surface area (Å²) in [7, 11) is 0. The smallest absolute Gasteiger partial charge is 0.149 e. The van der Waals surface area contributed by atoms with Crippen molar-refractivity contribution in [3.63, 3.8) is 0 Å². The Bertz CT molecular complexity index is 405. The van der Waals surface area contributed by atoms with Gasteiger partial charge >= 0.3 is 0 Å². The maximum absolute atomic E-state index is 13.5. The van der Waals surface area contributed by atoms with Crippen LogP contribution in [-0.4, -0.2) is 6.34 Å². The molecular formula is C12H15FN2. The summed E-state index contributed by atoms with van der Waals surface area (Å²) in [5.74, 6) is -0.250. The van der Waals surface area contributed by atoms with Crippen LogP contribution < -0.4 is 5.32 Å². The summed E-state index contributed by atoms with van der Waals surface area (Å²) in [6, 6.07) is 5.22. The second kappa shape index (κ2) is 3.33. The predicted octanol–water partition coefficient (Wildman–Crippen LogP) is 3.18. The van der Waals surface area contributed by atoms with E-state index in [1.807, 2.05) is 6.07 Å². The number of hydrogen-bond acceptors (Lipinski definition) is 2. The summed E-state index contributed by atoms with van der Waals surface area (Å²) in [5.41, 5.74) is 1.44. The molecule has 1 heterocycles. The molecule has 0 amide bonds. The van der Waals surface area contributed by atoms with Crippen LogP contribution in [0.3, 0.4) is 0 Å². The third-order valence-electron chi connectivity index (χ3n) is 2.63. The van der Waals surface area contributed by atoms with Crippen molar-refractivity contribution in [1.29, 1.82) is 0 Å². The summed E-state index contributed by atoms with van der Waals surface area (Å²) in [6.07, 6.45) is 1.58. The van der Waals surface area contributed by atoms with Gasteiger partial charge < -0.3 is 5.32 Å². The third-order valence-corrected chi connectivity index (χ3v) is 2.63. The number of para-hydroxylation sites is 1. The van der Waals surface area contributed by atoms with Gasteiger partial charge in [0.05, 0.1) is 12.4 Å². The van der Waals surface area contributed by atoms with E-state index in [4.69, 9.17) is 0 Å². The largest absolute Gasteiger partial charge is 0.369 e. The number of nitrogens with zero attached hydrogens (tertiary/aromatic N) is 1. The van der Waals surface area contributed by atoms with E-state index in [0.29, 0.717) is 5.69 Å². The molecule has 2 nitrogen and oxygen atoms in total. The zero-order chi connectivity index (χ0) is 11.1. The Balaban J connectivity index is 2.53. The second-order valence-electron chi connectivity index (χ2n) is 4.90. The molecule has 15 heavy (non-hydrogen) atoms. The first-order chi connectivity index (χ1) is 7.00. The van der Waals surface area contributed by atoms with Crippen molar-refractivity contribution in [1.82, 2.24) is 5.32 Å². The number of aliphatic imine (C=N–C) groups is 1. The minimum absolute atomic E-state index is 0.0367. The first-order valence-corrected chi connectivity index (χ1v) is 5.07. The summed E-state index contributed by atoms with van der Waals surface area (Å²) in [6.45, 7) is 6.37. The number of rotatable bonds is 0. The Morgan fingerprint density at radius 1 is 1.33 bits per heavy atom. The van der Waals surface area contributed by atoms with E-state index >= 15 is 0 Å². The zero-order valence-electron chi connectivity index (χ0n) is 9.21. The van der Waals surface area contributed by atoms with E-state index in [0.717, 1.165) is 5.56 Å². The van der Waals surface area contributed by atoms with Crippen molar-refractivity contribution in [2.75, 3.05) is 0 Å². The van der Waals surface area contributed by atoms with Crippen LogP contribution in [0.15, 0.2) is 23.2 Å². The number of hydrogen-bond donors (Lipinski definition) is 1. The molecule has 2 rings (SSSR count). The molecule has 0 bridgehead atoms. The molecule has 1 N–H and O–H groups in total. The van der Waals surface area contributed by atoms with Crippen LogP contribution in [0.2, 0.25) is 0 Å². The first kappa shape index (κ1) is 10.1. The van der Waals surface area contributed by atoms with Crippen molar-refractivity contribution < 1.29 is 4.39 Å². The second-order valence-corrected chi connectivity index (χ2v) is 4.90. The van der Waals surface area contributed by atoms with Gasteiger partial charge in [0.1, 0.15) is 11.5 Å². The maximum Gasteiger partial charge on any atom is 0.149 e. The molecule has 0 radical (unpaired) electrons. The zero-order valence-corrected chi connectivity index (χ0v) is 9.21. The van der Waals surface area contributed by atoms with Gasteiger partial charge in [-0.25, -0.2) is 9.38 Å². The van der Waals surface area contributed by atoms with Gasteiger partial charge in [0, 0.05) is 5.56 Å². The number of halogens is 1. The van der Waals surface area contributed by atoms with E-state index < -0.39 is 0 Å². The maximum atomic E-state index is 13.5. The highest BCUT2D eigenvalue weighted by Crippen LogP contribution is 2.39. The predicted molar refractivity (Wildman–Crippen MR) is 59.9 cm³/mol. The molecule has 0 aliphatic carbocycles. The van der Waals surface area contributed by atoms with Crippen molar-refractivity contribution in [3.8, 4) is 0 Å². The van der Waals surface area contributed by atoms with Crippen LogP contribution in [0.25, 0.3) is 0 Å². The summed E-state index contributed by atoms with van der Waals surface area (Å²) in [5, 5.41) is 3.18. The molecule has 0 spiro atoms. The lowest BCUT2D eigenvalue weighted by atomic mass is 9.81. The highest BCUT2D eigenvalue weighted by atomic mass is 19.1. The number of fused-ring (bicyclic) bond motifs is 1. The van der Waals surface area contributed by atoms with Crippen molar-refractivity contribution in [3.05, 3.63) is 29.6 Å². The Morgan fingerprint density at radius 2 is 2.07 bits per heavy atom. The van der Waals surface area contributed by atoms with Gasteiger partial charge in [-0.2, -0.15) is 0 Å². The summed E-state index contributed by atoms with van der Waals surface area (Å²) < 4.78 is 13.5. The summed E-state index contributed by atoms with van der Waals surface area (Å²) >= 11 is 0. The highest BCUT2D eigenvalue weighted by Gasteiger charge is 2.30. The lowest BCUT2D eigenvalue weighted by Crippen LogP contribution is -2.33. The molecule has 0 aromatic heterocycles. The van der Waals surface area contributed by atoms with Gasteiger partial charge in [-0.1, -0.05) is 32.9 Å². The van der Waals surface area contributed by atoms with Crippen LogP contribution >= 0.6 is 0 Å². The molecule has 3 heteroatoms. The van der Waals surface area contributed by atoms with Gasteiger partial charge in [0.15, 0.2) is 0 Å². The Hall–Kier alpha value is -1.38. The van der Waals surface area contributed by atoms with Crippen LogP contribution in [0, 0.1) is 11.2 Å². The average molecular weight is 206 g/mol. The van der Waals surface area contributed by atoms with Gasteiger partial charge in [0.2, 0.25) is 0 Å². The van der Waals surface area contributed by atoms with Gasteiger partial charge in [-0.15, -0.1) is 0 Å². The highest BCUT2D eigenvalue weighted by molar-refractivity contribution is 5.68. The monoisotopic (exact) mass is 206 g/mol. The Labute approximate surface area is 89.2 Å². The van der Waals surface area contributed by atoms with Crippen LogP contribution in [0.1, 0.15) is 32.4 Å². The standard InChI is InChI=1S/C12H15FN2/c1-12(2,3)11-8-5-4-6-9(13)10(8)14-7-15-11/h4-7,11H,1-3H3,(H,14,15). The van der Waals surface area contributed by atoms with Crippen molar-refractivity contribution in [2.24, 2.45) is 10.4 Å². The SMILES string of the molecule is CC(C)(C)C1NC=Nc2c(F)cccc21. The number of nitrogens with one attached hydrogen (secondary N) is 1. The molecule has 1 aliphatic heterocycles. The first-order valence-electron chi connectivity index (χ1n) is 5.07. The molecule has 1 aliphatic rings. The van der Waals surface area contributed by atoms with E-state index in [2.05, 4.69) is 31.1 Å². The normalized spacial score (nSPS) is 19.6.